The van der Waals surface area contributed by atoms with Crippen molar-refractivity contribution >= 4 is 17.6 Å². The van der Waals surface area contributed by atoms with Gasteiger partial charge in [0.1, 0.15) is 0 Å². The first kappa shape index (κ1) is 13.8. The van der Waals surface area contributed by atoms with Crippen molar-refractivity contribution in [2.45, 2.75) is 13.8 Å². The lowest BCUT2D eigenvalue weighted by atomic mass is 10.0. The van der Waals surface area contributed by atoms with Gasteiger partial charge in [-0.25, -0.2) is 4.79 Å². The number of rotatable bonds is 3. The summed E-state index contributed by atoms with van der Waals surface area (Å²) < 4.78 is 0. The van der Waals surface area contributed by atoms with Crippen molar-refractivity contribution in [1.29, 1.82) is 0 Å². The van der Waals surface area contributed by atoms with E-state index in [1.165, 1.54) is 6.07 Å². The number of aromatic carboxylic acids is 1. The van der Waals surface area contributed by atoms with Crippen molar-refractivity contribution in [3.63, 3.8) is 0 Å². The summed E-state index contributed by atoms with van der Waals surface area (Å²) in [5.74, 6) is -1.53. The highest BCUT2D eigenvalue weighted by atomic mass is 16.4. The van der Waals surface area contributed by atoms with Gasteiger partial charge in [0.05, 0.1) is 11.1 Å². The molecule has 0 unspecified atom stereocenters. The van der Waals surface area contributed by atoms with Gasteiger partial charge in [-0.1, -0.05) is 29.3 Å². The maximum atomic E-state index is 12.2. The van der Waals surface area contributed by atoms with Gasteiger partial charge in [-0.15, -0.1) is 0 Å². The Labute approximate surface area is 117 Å². The number of aryl methyl sites for hydroxylation is 2. The Balaban J connectivity index is 2.31. The summed E-state index contributed by atoms with van der Waals surface area (Å²) in [7, 11) is 0. The highest BCUT2D eigenvalue weighted by Gasteiger charge is 2.16. The van der Waals surface area contributed by atoms with E-state index in [9.17, 15) is 9.59 Å². The minimum absolute atomic E-state index is 0.000196. The van der Waals surface area contributed by atoms with Crippen LogP contribution in [0.2, 0.25) is 0 Å². The maximum absolute atomic E-state index is 12.2. The zero-order chi connectivity index (χ0) is 14.7. The summed E-state index contributed by atoms with van der Waals surface area (Å²) in [4.78, 5) is 23.4. The number of anilines is 1. The van der Waals surface area contributed by atoms with Crippen LogP contribution in [0.15, 0.2) is 42.5 Å². The minimum Gasteiger partial charge on any atom is -0.478 e. The van der Waals surface area contributed by atoms with Crippen LogP contribution >= 0.6 is 0 Å². The highest BCUT2D eigenvalue weighted by Crippen LogP contribution is 2.15. The van der Waals surface area contributed by atoms with Crippen LogP contribution in [0.25, 0.3) is 0 Å². The number of amides is 1. The van der Waals surface area contributed by atoms with Gasteiger partial charge in [-0.2, -0.15) is 0 Å². The lowest BCUT2D eigenvalue weighted by Gasteiger charge is -2.09. The second-order valence-electron chi connectivity index (χ2n) is 4.67. The zero-order valence-corrected chi connectivity index (χ0v) is 11.3. The smallest absolute Gasteiger partial charge is 0.336 e. The minimum atomic E-state index is -1.11. The van der Waals surface area contributed by atoms with Crippen LogP contribution in [-0.4, -0.2) is 17.0 Å². The molecular weight excluding hydrogens is 254 g/mol. The molecule has 0 aliphatic rings. The Morgan fingerprint density at radius 1 is 0.900 bits per heavy atom. The van der Waals surface area contributed by atoms with E-state index in [0.29, 0.717) is 5.69 Å². The number of carbonyl (C=O) groups excluding carboxylic acids is 1. The normalized spacial score (nSPS) is 10.1. The lowest BCUT2D eigenvalue weighted by Crippen LogP contribution is -2.16. The molecule has 0 atom stereocenters. The molecule has 0 spiro atoms. The average Bonchev–Trinajstić information content (AvgIpc) is 2.41. The second-order valence-corrected chi connectivity index (χ2v) is 4.67. The van der Waals surface area contributed by atoms with Crippen LogP contribution in [0.3, 0.4) is 0 Å². The average molecular weight is 269 g/mol. The fourth-order valence-corrected chi connectivity index (χ4v) is 1.87. The summed E-state index contributed by atoms with van der Waals surface area (Å²) in [6, 6.07) is 12.0. The number of hydrogen-bond donors (Lipinski definition) is 2. The van der Waals surface area contributed by atoms with Gasteiger partial charge in [-0.05, 0) is 38.1 Å². The Kier molecular flexibility index (Phi) is 3.84. The van der Waals surface area contributed by atoms with Crippen molar-refractivity contribution in [3.05, 3.63) is 64.7 Å². The van der Waals surface area contributed by atoms with Crippen molar-refractivity contribution < 1.29 is 14.7 Å². The Morgan fingerprint density at radius 2 is 1.50 bits per heavy atom. The number of benzene rings is 2. The Hall–Kier alpha value is -2.62. The third kappa shape index (κ3) is 3.03. The van der Waals surface area contributed by atoms with Crippen LogP contribution in [0, 0.1) is 13.8 Å². The van der Waals surface area contributed by atoms with Gasteiger partial charge >= 0.3 is 5.97 Å². The SMILES string of the molecule is Cc1ccc(NC(=O)c2cc(C)ccc2C(=O)O)cc1. The molecule has 20 heavy (non-hydrogen) atoms. The number of nitrogens with one attached hydrogen (secondary N) is 1. The van der Waals surface area contributed by atoms with E-state index in [2.05, 4.69) is 5.32 Å². The molecule has 0 saturated heterocycles. The van der Waals surface area contributed by atoms with Crippen molar-refractivity contribution in [1.82, 2.24) is 0 Å². The first-order valence-electron chi connectivity index (χ1n) is 6.19. The van der Waals surface area contributed by atoms with Gasteiger partial charge in [0, 0.05) is 5.69 Å². The Morgan fingerprint density at radius 3 is 2.10 bits per heavy atom. The third-order valence-electron chi connectivity index (χ3n) is 2.96. The van der Waals surface area contributed by atoms with E-state index in [1.54, 1.807) is 24.3 Å². The summed E-state index contributed by atoms with van der Waals surface area (Å²) in [6.07, 6.45) is 0. The topological polar surface area (TPSA) is 66.4 Å². The first-order chi connectivity index (χ1) is 9.47. The van der Waals surface area contributed by atoms with Crippen LogP contribution in [0.4, 0.5) is 5.69 Å². The molecule has 0 bridgehead atoms. The second kappa shape index (κ2) is 5.57. The number of carboxylic acid groups (broad SMARTS) is 1. The van der Waals surface area contributed by atoms with E-state index in [0.717, 1.165) is 11.1 Å². The van der Waals surface area contributed by atoms with E-state index in [1.807, 2.05) is 26.0 Å². The van der Waals surface area contributed by atoms with Gasteiger partial charge < -0.3 is 10.4 Å². The van der Waals surface area contributed by atoms with Gasteiger partial charge in [-0.3, -0.25) is 4.79 Å². The Bertz CT molecular complexity index is 660. The predicted octanol–water partition coefficient (Wildman–Crippen LogP) is 3.25. The standard InChI is InChI=1S/C16H15NO3/c1-10-3-6-12(7-4-10)17-15(18)14-9-11(2)5-8-13(14)16(19)20/h3-9H,1-2H3,(H,17,18)(H,19,20). The lowest BCUT2D eigenvalue weighted by molar-refractivity contribution is 0.0692. The van der Waals surface area contributed by atoms with Crippen LogP contribution in [0.1, 0.15) is 31.8 Å². The van der Waals surface area contributed by atoms with Crippen molar-refractivity contribution in [2.24, 2.45) is 0 Å². The monoisotopic (exact) mass is 269 g/mol. The summed E-state index contributed by atoms with van der Waals surface area (Å²) in [5.41, 5.74) is 2.73. The molecule has 2 rings (SSSR count). The van der Waals surface area contributed by atoms with E-state index in [-0.39, 0.29) is 11.1 Å². The van der Waals surface area contributed by atoms with Crippen LogP contribution in [0.5, 0.6) is 0 Å². The quantitative estimate of drug-likeness (QED) is 0.898. The maximum Gasteiger partial charge on any atom is 0.336 e. The molecule has 4 heteroatoms. The first-order valence-corrected chi connectivity index (χ1v) is 6.19. The molecule has 0 aliphatic carbocycles. The molecule has 0 aromatic heterocycles. The largest absolute Gasteiger partial charge is 0.478 e. The molecule has 4 nitrogen and oxygen atoms in total. The van der Waals surface area contributed by atoms with E-state index >= 15 is 0 Å². The molecular formula is C16H15NO3. The van der Waals surface area contributed by atoms with Gasteiger partial charge in [0.2, 0.25) is 0 Å². The number of carbonyl (C=O) groups is 2. The molecule has 2 aromatic rings. The van der Waals surface area contributed by atoms with Gasteiger partial charge in [0.15, 0.2) is 0 Å². The van der Waals surface area contributed by atoms with Crippen LogP contribution in [-0.2, 0) is 0 Å². The molecule has 0 radical (unpaired) electrons. The highest BCUT2D eigenvalue weighted by molar-refractivity contribution is 6.10. The molecule has 2 N–H and O–H groups in total. The molecule has 0 saturated carbocycles. The summed E-state index contributed by atoms with van der Waals surface area (Å²) >= 11 is 0. The molecule has 1 amide bonds. The predicted molar refractivity (Wildman–Crippen MR) is 77.3 cm³/mol. The van der Waals surface area contributed by atoms with Gasteiger partial charge in [0.25, 0.3) is 5.91 Å². The fraction of sp³-hybridized carbons (Fsp3) is 0.125. The van der Waals surface area contributed by atoms with Crippen molar-refractivity contribution in [3.8, 4) is 0 Å². The van der Waals surface area contributed by atoms with E-state index < -0.39 is 11.9 Å². The summed E-state index contributed by atoms with van der Waals surface area (Å²) in [6.45, 7) is 3.77. The van der Waals surface area contributed by atoms with Crippen LogP contribution < -0.4 is 5.32 Å². The zero-order valence-electron chi connectivity index (χ0n) is 11.3. The molecule has 0 fully saturated rings. The fourth-order valence-electron chi connectivity index (χ4n) is 1.87. The molecule has 0 aliphatic heterocycles. The van der Waals surface area contributed by atoms with E-state index in [4.69, 9.17) is 5.11 Å². The molecule has 102 valence electrons. The molecule has 0 heterocycles. The summed E-state index contributed by atoms with van der Waals surface area (Å²) in [5, 5.41) is 11.8. The number of carboxylic acids is 1. The molecule has 2 aromatic carbocycles. The van der Waals surface area contributed by atoms with Crippen molar-refractivity contribution in [2.75, 3.05) is 5.32 Å². The third-order valence-corrected chi connectivity index (χ3v) is 2.96. The number of hydrogen-bond acceptors (Lipinski definition) is 2.